The average Bonchev–Trinajstić information content (AvgIpc) is 2.38. The van der Waals surface area contributed by atoms with E-state index in [9.17, 15) is 4.79 Å². The topological polar surface area (TPSA) is 49.8 Å². The van der Waals surface area contributed by atoms with E-state index in [0.29, 0.717) is 18.2 Å². The molecule has 4 heteroatoms. The number of likely N-dealkylation sites (tertiary alicyclic amines) is 1. The molecule has 2 aliphatic rings. The van der Waals surface area contributed by atoms with E-state index in [0.717, 1.165) is 25.8 Å². The largest absolute Gasteiger partial charge is 0.481 e. The Morgan fingerprint density at radius 3 is 2.61 bits per heavy atom. The smallest absolute Gasteiger partial charge is 0.306 e. The Morgan fingerprint density at radius 2 is 2.00 bits per heavy atom. The van der Waals surface area contributed by atoms with Crippen molar-refractivity contribution in [1.29, 1.82) is 0 Å². The van der Waals surface area contributed by atoms with Gasteiger partial charge in [-0.05, 0) is 39.2 Å². The van der Waals surface area contributed by atoms with Crippen LogP contribution in [-0.4, -0.2) is 47.8 Å². The SMILES string of the molecule is COC1CCCCC1N1CCC(C(=O)O)CC1C. The van der Waals surface area contributed by atoms with Gasteiger partial charge in [0.25, 0.3) is 0 Å². The molecule has 0 radical (unpaired) electrons. The molecule has 0 aromatic heterocycles. The number of carboxylic acids is 1. The van der Waals surface area contributed by atoms with Crippen LogP contribution in [0.15, 0.2) is 0 Å². The van der Waals surface area contributed by atoms with Crippen molar-refractivity contribution < 1.29 is 14.6 Å². The Kier molecular flexibility index (Phi) is 4.62. The highest BCUT2D eigenvalue weighted by Crippen LogP contribution is 2.32. The van der Waals surface area contributed by atoms with E-state index < -0.39 is 5.97 Å². The zero-order chi connectivity index (χ0) is 13.1. The molecule has 0 aromatic carbocycles. The summed E-state index contributed by atoms with van der Waals surface area (Å²) in [7, 11) is 1.80. The minimum absolute atomic E-state index is 0.152. The van der Waals surface area contributed by atoms with Crippen molar-refractivity contribution in [1.82, 2.24) is 4.90 Å². The fourth-order valence-electron chi connectivity index (χ4n) is 3.64. The van der Waals surface area contributed by atoms with Crippen LogP contribution in [0.3, 0.4) is 0 Å². The Morgan fingerprint density at radius 1 is 1.28 bits per heavy atom. The molecule has 18 heavy (non-hydrogen) atoms. The van der Waals surface area contributed by atoms with Crippen LogP contribution in [0.5, 0.6) is 0 Å². The molecule has 1 saturated heterocycles. The number of ether oxygens (including phenoxy) is 1. The van der Waals surface area contributed by atoms with Gasteiger partial charge in [0.2, 0.25) is 0 Å². The number of nitrogens with zero attached hydrogens (tertiary/aromatic N) is 1. The first-order valence-corrected chi connectivity index (χ1v) is 7.14. The molecular weight excluding hydrogens is 230 g/mol. The molecule has 4 unspecified atom stereocenters. The fraction of sp³-hybridized carbons (Fsp3) is 0.929. The van der Waals surface area contributed by atoms with Gasteiger partial charge in [-0.25, -0.2) is 0 Å². The average molecular weight is 255 g/mol. The second-order valence-electron chi connectivity index (χ2n) is 5.77. The van der Waals surface area contributed by atoms with Gasteiger partial charge >= 0.3 is 5.97 Å². The van der Waals surface area contributed by atoms with Crippen molar-refractivity contribution in [2.45, 2.75) is 63.6 Å². The van der Waals surface area contributed by atoms with Crippen LogP contribution in [0.1, 0.15) is 45.4 Å². The number of aliphatic carboxylic acids is 1. The van der Waals surface area contributed by atoms with E-state index >= 15 is 0 Å². The predicted molar refractivity (Wildman–Crippen MR) is 69.6 cm³/mol. The second-order valence-corrected chi connectivity index (χ2v) is 5.77. The Balaban J connectivity index is 1.98. The third kappa shape index (κ3) is 2.86. The number of piperidine rings is 1. The van der Waals surface area contributed by atoms with Gasteiger partial charge in [-0.15, -0.1) is 0 Å². The molecule has 1 aliphatic heterocycles. The van der Waals surface area contributed by atoms with Crippen LogP contribution < -0.4 is 0 Å². The highest BCUT2D eigenvalue weighted by Gasteiger charge is 2.37. The molecule has 0 bridgehead atoms. The van der Waals surface area contributed by atoms with E-state index in [-0.39, 0.29) is 5.92 Å². The van der Waals surface area contributed by atoms with Gasteiger partial charge in [-0.3, -0.25) is 9.69 Å². The van der Waals surface area contributed by atoms with Gasteiger partial charge in [0.05, 0.1) is 12.0 Å². The van der Waals surface area contributed by atoms with E-state index in [4.69, 9.17) is 9.84 Å². The van der Waals surface area contributed by atoms with Crippen LogP contribution in [0.25, 0.3) is 0 Å². The van der Waals surface area contributed by atoms with Crippen molar-refractivity contribution in [3.63, 3.8) is 0 Å². The van der Waals surface area contributed by atoms with Crippen molar-refractivity contribution in [2.24, 2.45) is 5.92 Å². The number of carbonyl (C=O) groups is 1. The first-order valence-electron chi connectivity index (χ1n) is 7.14. The molecule has 4 nitrogen and oxygen atoms in total. The fourth-order valence-corrected chi connectivity index (χ4v) is 3.64. The highest BCUT2D eigenvalue weighted by atomic mass is 16.5. The maximum Gasteiger partial charge on any atom is 0.306 e. The van der Waals surface area contributed by atoms with Gasteiger partial charge in [0.1, 0.15) is 0 Å². The summed E-state index contributed by atoms with van der Waals surface area (Å²) in [5.41, 5.74) is 0. The maximum atomic E-state index is 11.1. The van der Waals surface area contributed by atoms with Crippen molar-refractivity contribution >= 4 is 5.97 Å². The summed E-state index contributed by atoms with van der Waals surface area (Å²) >= 11 is 0. The third-order valence-electron chi connectivity index (χ3n) is 4.67. The molecule has 4 atom stereocenters. The zero-order valence-corrected chi connectivity index (χ0v) is 11.5. The summed E-state index contributed by atoms with van der Waals surface area (Å²) in [4.78, 5) is 13.6. The van der Waals surface area contributed by atoms with Crippen molar-refractivity contribution in [3.8, 4) is 0 Å². The lowest BCUT2D eigenvalue weighted by molar-refractivity contribution is -0.145. The lowest BCUT2D eigenvalue weighted by Gasteiger charge is -2.45. The summed E-state index contributed by atoms with van der Waals surface area (Å²) in [5.74, 6) is -0.783. The van der Waals surface area contributed by atoms with Crippen LogP contribution in [-0.2, 0) is 9.53 Å². The van der Waals surface area contributed by atoms with Gasteiger partial charge in [-0.2, -0.15) is 0 Å². The predicted octanol–water partition coefficient (Wildman–Crippen LogP) is 2.13. The molecule has 0 aromatic rings. The Labute approximate surface area is 109 Å². The first-order chi connectivity index (χ1) is 8.63. The van der Waals surface area contributed by atoms with Crippen molar-refractivity contribution in [3.05, 3.63) is 0 Å². The summed E-state index contributed by atoms with van der Waals surface area (Å²) in [6.07, 6.45) is 6.77. The Hall–Kier alpha value is -0.610. The molecule has 1 saturated carbocycles. The molecular formula is C14H25NO3. The number of hydrogen-bond acceptors (Lipinski definition) is 3. The summed E-state index contributed by atoms with van der Waals surface area (Å²) < 4.78 is 5.62. The molecule has 0 amide bonds. The first kappa shape index (κ1) is 13.8. The molecule has 1 heterocycles. The molecule has 1 N–H and O–H groups in total. The number of carboxylic acid groups (broad SMARTS) is 1. The van der Waals surface area contributed by atoms with E-state index in [1.165, 1.54) is 19.3 Å². The minimum Gasteiger partial charge on any atom is -0.481 e. The maximum absolute atomic E-state index is 11.1. The van der Waals surface area contributed by atoms with E-state index in [1.807, 2.05) is 0 Å². The van der Waals surface area contributed by atoms with Gasteiger partial charge < -0.3 is 9.84 Å². The molecule has 2 rings (SSSR count). The molecule has 2 fully saturated rings. The lowest BCUT2D eigenvalue weighted by atomic mass is 9.85. The van der Waals surface area contributed by atoms with Crippen LogP contribution in [0.4, 0.5) is 0 Å². The van der Waals surface area contributed by atoms with Gasteiger partial charge in [0.15, 0.2) is 0 Å². The van der Waals surface area contributed by atoms with Gasteiger partial charge in [0, 0.05) is 19.2 Å². The molecule has 0 spiro atoms. The van der Waals surface area contributed by atoms with Crippen LogP contribution in [0, 0.1) is 5.92 Å². The molecule has 1 aliphatic carbocycles. The number of methoxy groups -OCH3 is 1. The van der Waals surface area contributed by atoms with Crippen molar-refractivity contribution in [2.75, 3.05) is 13.7 Å². The van der Waals surface area contributed by atoms with Crippen LogP contribution in [0.2, 0.25) is 0 Å². The van der Waals surface area contributed by atoms with E-state index in [1.54, 1.807) is 7.11 Å². The summed E-state index contributed by atoms with van der Waals surface area (Å²) in [5, 5.41) is 9.11. The quantitative estimate of drug-likeness (QED) is 0.839. The zero-order valence-electron chi connectivity index (χ0n) is 11.5. The lowest BCUT2D eigenvalue weighted by Crippen LogP contribution is -2.53. The second kappa shape index (κ2) is 6.02. The van der Waals surface area contributed by atoms with Crippen LogP contribution >= 0.6 is 0 Å². The van der Waals surface area contributed by atoms with Gasteiger partial charge in [-0.1, -0.05) is 12.8 Å². The number of hydrogen-bond donors (Lipinski definition) is 1. The standard InChI is InChI=1S/C14H25NO3/c1-10-9-11(14(16)17)7-8-15(10)12-5-3-4-6-13(12)18-2/h10-13H,3-9H2,1-2H3,(H,16,17). The highest BCUT2D eigenvalue weighted by molar-refractivity contribution is 5.70. The molecule has 104 valence electrons. The third-order valence-corrected chi connectivity index (χ3v) is 4.67. The summed E-state index contributed by atoms with van der Waals surface area (Å²) in [6, 6.07) is 0.856. The minimum atomic E-state index is -0.631. The monoisotopic (exact) mass is 255 g/mol. The normalized spacial score (nSPS) is 38.6. The van der Waals surface area contributed by atoms with E-state index in [2.05, 4.69) is 11.8 Å². The number of rotatable bonds is 3. The summed E-state index contributed by atoms with van der Waals surface area (Å²) in [6.45, 7) is 3.07. The Bertz CT molecular complexity index is 295.